The van der Waals surface area contributed by atoms with E-state index in [-0.39, 0.29) is 12.4 Å². The van der Waals surface area contributed by atoms with Crippen LogP contribution in [0, 0.1) is 0 Å². The van der Waals surface area contributed by atoms with Crippen LogP contribution in [-0.2, 0) is 6.54 Å². The lowest BCUT2D eigenvalue weighted by Gasteiger charge is -2.07. The first-order valence-corrected chi connectivity index (χ1v) is 7.51. The first kappa shape index (κ1) is 17.3. The molecule has 0 amide bonds. The molecule has 1 aromatic heterocycles. The lowest BCUT2D eigenvalue weighted by Crippen LogP contribution is -3.00. The number of aromatic nitrogens is 1. The van der Waals surface area contributed by atoms with Gasteiger partial charge in [-0.15, -0.1) is 0 Å². The van der Waals surface area contributed by atoms with E-state index in [1.165, 1.54) is 11.1 Å². The van der Waals surface area contributed by atoms with Gasteiger partial charge in [-0.05, 0) is 29.8 Å². The fourth-order valence-electron chi connectivity index (χ4n) is 2.49. The van der Waals surface area contributed by atoms with Crippen LogP contribution in [-0.4, -0.2) is 7.11 Å². The molecule has 0 fully saturated rings. The molecule has 2 aromatic carbocycles. The van der Waals surface area contributed by atoms with Crippen LogP contribution >= 0.6 is 11.6 Å². The lowest BCUT2D eigenvalue weighted by atomic mass is 10.1. The van der Waals surface area contributed by atoms with Gasteiger partial charge in [0.05, 0.1) is 12.7 Å². The molecule has 0 saturated heterocycles. The van der Waals surface area contributed by atoms with E-state index in [1.807, 2.05) is 42.6 Å². The predicted molar refractivity (Wildman–Crippen MR) is 89.2 cm³/mol. The highest BCUT2D eigenvalue weighted by Gasteiger charge is 2.11. The van der Waals surface area contributed by atoms with E-state index in [0.29, 0.717) is 6.54 Å². The molecule has 0 aliphatic rings. The van der Waals surface area contributed by atoms with Gasteiger partial charge in [0.25, 0.3) is 0 Å². The first-order valence-electron chi connectivity index (χ1n) is 7.13. The highest BCUT2D eigenvalue weighted by molar-refractivity contribution is 6.30. The maximum absolute atomic E-state index is 6.10. The zero-order valence-electron chi connectivity index (χ0n) is 12.7. The summed E-state index contributed by atoms with van der Waals surface area (Å²) in [4.78, 5) is 0. The van der Waals surface area contributed by atoms with E-state index in [1.54, 1.807) is 7.11 Å². The van der Waals surface area contributed by atoms with Crippen molar-refractivity contribution in [2.24, 2.45) is 0 Å². The van der Waals surface area contributed by atoms with Crippen molar-refractivity contribution in [1.82, 2.24) is 0 Å². The van der Waals surface area contributed by atoms with Gasteiger partial charge in [-0.1, -0.05) is 41.9 Å². The predicted octanol–water partition coefficient (Wildman–Crippen LogP) is 1.36. The second-order valence-corrected chi connectivity index (χ2v) is 5.52. The van der Waals surface area contributed by atoms with Gasteiger partial charge >= 0.3 is 0 Å². The third-order valence-electron chi connectivity index (χ3n) is 3.56. The van der Waals surface area contributed by atoms with E-state index in [0.717, 1.165) is 16.3 Å². The van der Waals surface area contributed by atoms with Gasteiger partial charge in [-0.3, -0.25) is 0 Å². The summed E-state index contributed by atoms with van der Waals surface area (Å²) in [5, 5.41) is 0.718. The van der Waals surface area contributed by atoms with Crippen LogP contribution in [0.3, 0.4) is 0 Å². The average Bonchev–Trinajstić information content (AvgIpc) is 2.56. The molecule has 1 heterocycles. The normalized spacial score (nSPS) is 10.0. The Morgan fingerprint density at radius 3 is 2.43 bits per heavy atom. The van der Waals surface area contributed by atoms with Gasteiger partial charge in [0.2, 0.25) is 0 Å². The Morgan fingerprint density at radius 1 is 0.957 bits per heavy atom. The number of methoxy groups -OCH3 is 1. The van der Waals surface area contributed by atoms with Gasteiger partial charge in [0, 0.05) is 16.7 Å². The summed E-state index contributed by atoms with van der Waals surface area (Å²) < 4.78 is 7.55. The van der Waals surface area contributed by atoms with E-state index in [2.05, 4.69) is 35.0 Å². The molecule has 0 spiro atoms. The molecular formula is C19H17Cl2NO. The molecule has 4 heteroatoms. The Kier molecular flexibility index (Phi) is 6.03. The number of pyridine rings is 1. The second kappa shape index (κ2) is 8.00. The molecule has 3 rings (SSSR count). The van der Waals surface area contributed by atoms with Crippen molar-refractivity contribution in [3.8, 4) is 16.9 Å². The van der Waals surface area contributed by atoms with Crippen molar-refractivity contribution in [3.63, 3.8) is 0 Å². The number of hydrogen-bond donors (Lipinski definition) is 0. The molecule has 2 nitrogen and oxygen atoms in total. The summed E-state index contributed by atoms with van der Waals surface area (Å²) >= 11 is 6.10. The standard InChI is InChI=1S/C19H17ClNO.ClH/c1-22-19-10-9-18(20)12-17(19)14-21-11-5-8-16(13-21)15-6-3-2-4-7-15;/h2-13H,14H2,1H3;1H/q+1;/p-1. The Bertz CT molecular complexity index is 775. The summed E-state index contributed by atoms with van der Waals surface area (Å²) in [5.41, 5.74) is 3.45. The van der Waals surface area contributed by atoms with Crippen molar-refractivity contribution >= 4 is 11.6 Å². The number of benzene rings is 2. The third kappa shape index (κ3) is 4.25. The van der Waals surface area contributed by atoms with E-state index < -0.39 is 0 Å². The molecule has 0 unspecified atom stereocenters. The largest absolute Gasteiger partial charge is 1.00 e. The van der Waals surface area contributed by atoms with Crippen LogP contribution in [0.15, 0.2) is 73.1 Å². The van der Waals surface area contributed by atoms with Crippen LogP contribution < -0.4 is 21.7 Å². The molecule has 118 valence electrons. The summed E-state index contributed by atoms with van der Waals surface area (Å²) in [5.74, 6) is 0.849. The fourth-order valence-corrected chi connectivity index (χ4v) is 2.68. The minimum absolute atomic E-state index is 0. The van der Waals surface area contributed by atoms with Gasteiger partial charge in [0.15, 0.2) is 18.9 Å². The summed E-state index contributed by atoms with van der Waals surface area (Å²) in [7, 11) is 1.68. The minimum atomic E-state index is 0. The minimum Gasteiger partial charge on any atom is -1.00 e. The maximum Gasteiger partial charge on any atom is 0.177 e. The fraction of sp³-hybridized carbons (Fsp3) is 0.105. The van der Waals surface area contributed by atoms with Gasteiger partial charge in [-0.2, -0.15) is 0 Å². The Labute approximate surface area is 147 Å². The van der Waals surface area contributed by atoms with Crippen molar-refractivity contribution in [1.29, 1.82) is 0 Å². The maximum atomic E-state index is 6.10. The molecule has 0 radical (unpaired) electrons. The topological polar surface area (TPSA) is 13.1 Å². The van der Waals surface area contributed by atoms with Gasteiger partial charge < -0.3 is 17.1 Å². The molecule has 0 bridgehead atoms. The van der Waals surface area contributed by atoms with Crippen LogP contribution in [0.4, 0.5) is 0 Å². The Balaban J connectivity index is 0.00000192. The smallest absolute Gasteiger partial charge is 0.177 e. The third-order valence-corrected chi connectivity index (χ3v) is 3.80. The van der Waals surface area contributed by atoms with Crippen molar-refractivity contribution in [2.45, 2.75) is 6.54 Å². The quantitative estimate of drug-likeness (QED) is 0.650. The lowest BCUT2D eigenvalue weighted by molar-refractivity contribution is -0.687. The van der Waals surface area contributed by atoms with Crippen LogP contribution in [0.2, 0.25) is 5.02 Å². The highest BCUT2D eigenvalue weighted by Crippen LogP contribution is 2.22. The Hall–Kier alpha value is -2.03. The SMILES string of the molecule is COc1ccc(Cl)cc1C[n+]1cccc(-c2ccccc2)c1.[Cl-]. The zero-order chi connectivity index (χ0) is 15.4. The first-order chi connectivity index (χ1) is 10.8. The van der Waals surface area contributed by atoms with E-state index in [9.17, 15) is 0 Å². The summed E-state index contributed by atoms with van der Waals surface area (Å²) in [6.07, 6.45) is 4.18. The van der Waals surface area contributed by atoms with E-state index >= 15 is 0 Å². The molecule has 23 heavy (non-hydrogen) atoms. The highest BCUT2D eigenvalue weighted by atomic mass is 35.5. The van der Waals surface area contributed by atoms with Crippen LogP contribution in [0.1, 0.15) is 5.56 Å². The molecule has 3 aromatic rings. The van der Waals surface area contributed by atoms with Crippen molar-refractivity contribution < 1.29 is 21.7 Å². The monoisotopic (exact) mass is 345 g/mol. The number of halogens is 2. The zero-order valence-corrected chi connectivity index (χ0v) is 14.3. The molecule has 0 aliphatic carbocycles. The number of nitrogens with zero attached hydrogens (tertiary/aromatic N) is 1. The van der Waals surface area contributed by atoms with Crippen molar-refractivity contribution in [3.05, 3.63) is 83.6 Å². The van der Waals surface area contributed by atoms with Crippen LogP contribution in [0.25, 0.3) is 11.1 Å². The summed E-state index contributed by atoms with van der Waals surface area (Å²) in [6, 6.07) is 20.2. The van der Waals surface area contributed by atoms with Gasteiger partial charge in [0.1, 0.15) is 5.75 Å². The van der Waals surface area contributed by atoms with Gasteiger partial charge in [-0.25, -0.2) is 4.57 Å². The Morgan fingerprint density at radius 2 is 1.70 bits per heavy atom. The number of ether oxygens (including phenoxy) is 1. The second-order valence-electron chi connectivity index (χ2n) is 5.09. The summed E-state index contributed by atoms with van der Waals surface area (Å²) in [6.45, 7) is 0.713. The van der Waals surface area contributed by atoms with E-state index in [4.69, 9.17) is 16.3 Å². The molecular weight excluding hydrogens is 329 g/mol. The molecule has 0 N–H and O–H groups in total. The average molecular weight is 346 g/mol. The molecule has 0 atom stereocenters. The van der Waals surface area contributed by atoms with Crippen molar-refractivity contribution in [2.75, 3.05) is 7.11 Å². The molecule has 0 aliphatic heterocycles. The number of rotatable bonds is 4. The number of hydrogen-bond acceptors (Lipinski definition) is 1. The molecule has 0 saturated carbocycles. The van der Waals surface area contributed by atoms with Crippen LogP contribution in [0.5, 0.6) is 5.75 Å².